The largest absolute Gasteiger partial charge is 0.465 e. The van der Waals surface area contributed by atoms with Gasteiger partial charge in [0.15, 0.2) is 0 Å². The molecule has 2 aliphatic rings. The fourth-order valence-electron chi connectivity index (χ4n) is 4.74. The van der Waals surface area contributed by atoms with Crippen molar-refractivity contribution < 1.29 is 41.0 Å². The van der Waals surface area contributed by atoms with E-state index in [1.807, 2.05) is 0 Å². The second-order valence-corrected chi connectivity index (χ2v) is 9.74. The lowest BCUT2D eigenvalue weighted by Crippen LogP contribution is -2.50. The molecule has 2 amide bonds. The highest BCUT2D eigenvalue weighted by molar-refractivity contribution is 5.99. The molecule has 212 valence electrons. The zero-order chi connectivity index (χ0) is 28.6. The van der Waals surface area contributed by atoms with Crippen LogP contribution in [0.1, 0.15) is 60.1 Å². The molecule has 1 aliphatic heterocycles. The number of alkyl halides is 5. The predicted octanol–water partition coefficient (Wildman–Crippen LogP) is 4.67. The van der Waals surface area contributed by atoms with Gasteiger partial charge in [-0.3, -0.25) is 9.59 Å². The van der Waals surface area contributed by atoms with Crippen LogP contribution in [0.3, 0.4) is 0 Å². The van der Waals surface area contributed by atoms with E-state index in [9.17, 15) is 40.7 Å². The third-order valence-electron chi connectivity index (χ3n) is 7.21. The van der Waals surface area contributed by atoms with Crippen molar-refractivity contribution in [3.8, 4) is 0 Å². The monoisotopic (exact) mass is 560 g/mol. The summed E-state index contributed by atoms with van der Waals surface area (Å²) in [5, 5.41) is 14.3. The number of halogens is 6. The van der Waals surface area contributed by atoms with Gasteiger partial charge in [0.1, 0.15) is 17.5 Å². The van der Waals surface area contributed by atoms with Gasteiger partial charge in [-0.25, -0.2) is 31.1 Å². The Hall–Kier alpha value is -3.71. The third kappa shape index (κ3) is 5.55. The van der Waals surface area contributed by atoms with Crippen molar-refractivity contribution in [1.82, 2.24) is 14.8 Å². The Kier molecular flexibility index (Phi) is 7.84. The number of carbonyl (C=O) groups excluding carboxylic acids is 1. The number of hydrogen-bond donors (Lipinski definition) is 3. The Morgan fingerprint density at radius 1 is 1.15 bits per heavy atom. The molecule has 14 heteroatoms. The van der Waals surface area contributed by atoms with E-state index in [2.05, 4.69) is 10.6 Å². The van der Waals surface area contributed by atoms with Crippen molar-refractivity contribution in [3.05, 3.63) is 63.3 Å². The van der Waals surface area contributed by atoms with E-state index < -0.39 is 72.1 Å². The lowest BCUT2D eigenvalue weighted by atomic mass is 10.0. The summed E-state index contributed by atoms with van der Waals surface area (Å²) in [6.45, 7) is 0.837. The van der Waals surface area contributed by atoms with Gasteiger partial charge in [0.2, 0.25) is 0 Å². The minimum atomic E-state index is -3.10. The van der Waals surface area contributed by atoms with Crippen LogP contribution < -0.4 is 16.2 Å². The van der Waals surface area contributed by atoms with Crippen molar-refractivity contribution in [2.75, 3.05) is 18.4 Å². The van der Waals surface area contributed by atoms with Crippen LogP contribution in [-0.4, -0.2) is 58.3 Å². The number of nitrogens with one attached hydrogen (secondary N) is 2. The number of pyridine rings is 1. The highest BCUT2D eigenvalue weighted by atomic mass is 19.3. The first kappa shape index (κ1) is 28.3. The van der Waals surface area contributed by atoms with Crippen LogP contribution in [0, 0.1) is 5.82 Å². The van der Waals surface area contributed by atoms with Gasteiger partial charge in [-0.15, -0.1) is 0 Å². The van der Waals surface area contributed by atoms with Gasteiger partial charge < -0.3 is 25.2 Å². The SMILES string of the molecule is C[C@@H](NC(=O)c1cn(C2(C(F)F)CC2)c(=O)cc1N[C@H]1CCN(C(=O)O)C[C@H]1F)c1cccc(C(F)F)c1F. The molecule has 3 atom stereocenters. The summed E-state index contributed by atoms with van der Waals surface area (Å²) < 4.78 is 84.1. The molecule has 1 aromatic carbocycles. The van der Waals surface area contributed by atoms with Crippen LogP contribution >= 0.6 is 0 Å². The quantitative estimate of drug-likeness (QED) is 0.407. The first-order valence-electron chi connectivity index (χ1n) is 12.2. The molecule has 4 rings (SSSR count). The van der Waals surface area contributed by atoms with E-state index in [-0.39, 0.29) is 42.6 Å². The number of aromatic nitrogens is 1. The number of carbonyl (C=O) groups is 2. The van der Waals surface area contributed by atoms with Crippen molar-refractivity contribution in [1.29, 1.82) is 0 Å². The van der Waals surface area contributed by atoms with Gasteiger partial charge in [0, 0.05) is 24.4 Å². The minimum Gasteiger partial charge on any atom is -0.465 e. The van der Waals surface area contributed by atoms with E-state index in [1.54, 1.807) is 0 Å². The Balaban J connectivity index is 1.67. The molecule has 0 spiro atoms. The number of benzene rings is 1. The van der Waals surface area contributed by atoms with E-state index in [0.717, 1.165) is 27.8 Å². The zero-order valence-corrected chi connectivity index (χ0v) is 20.6. The van der Waals surface area contributed by atoms with Crippen molar-refractivity contribution in [2.45, 2.75) is 62.8 Å². The second kappa shape index (κ2) is 10.8. The number of likely N-dealkylation sites (tertiary alicyclic amines) is 1. The number of amides is 2. The molecule has 0 bridgehead atoms. The van der Waals surface area contributed by atoms with Crippen LogP contribution in [-0.2, 0) is 5.54 Å². The standard InChI is InChI=1S/C25H26F6N4O4/c1-12(13-3-2-4-14(20(13)27)21(28)29)32-22(37)15-10-35(25(6-7-25)23(30)31)19(36)9-18(15)33-17-5-8-34(24(38)39)11-16(17)26/h2-4,9-10,12,16-17,21,23,33H,5-8,11H2,1H3,(H,32,37)(H,38,39)/t12-,16-,17+/m1/s1. The maximum absolute atomic E-state index is 14.8. The zero-order valence-electron chi connectivity index (χ0n) is 20.6. The lowest BCUT2D eigenvalue weighted by molar-refractivity contribution is 0.0648. The molecule has 1 saturated heterocycles. The minimum absolute atomic E-state index is 0.0132. The third-order valence-corrected chi connectivity index (χ3v) is 7.21. The fraction of sp³-hybridized carbons (Fsp3) is 0.480. The summed E-state index contributed by atoms with van der Waals surface area (Å²) in [5.74, 6) is -2.17. The smallest absolute Gasteiger partial charge is 0.407 e. The number of anilines is 1. The molecule has 3 N–H and O–H groups in total. The van der Waals surface area contributed by atoms with Crippen LogP contribution in [0.4, 0.5) is 36.8 Å². The normalized spacial score (nSPS) is 21.1. The summed E-state index contributed by atoms with van der Waals surface area (Å²) in [5.41, 5.74) is -4.30. The topological polar surface area (TPSA) is 104 Å². The van der Waals surface area contributed by atoms with Crippen molar-refractivity contribution in [2.24, 2.45) is 0 Å². The molecule has 2 aromatic rings. The molecule has 2 fully saturated rings. The first-order valence-corrected chi connectivity index (χ1v) is 12.2. The van der Waals surface area contributed by atoms with E-state index in [1.165, 1.54) is 19.1 Å². The number of rotatable bonds is 8. The highest BCUT2D eigenvalue weighted by Gasteiger charge is 2.53. The predicted molar refractivity (Wildman–Crippen MR) is 128 cm³/mol. The molecule has 2 heterocycles. The van der Waals surface area contributed by atoms with Gasteiger partial charge in [-0.1, -0.05) is 18.2 Å². The number of nitrogens with zero attached hydrogens (tertiary/aromatic N) is 2. The van der Waals surface area contributed by atoms with Crippen molar-refractivity contribution >= 4 is 17.7 Å². The van der Waals surface area contributed by atoms with Gasteiger partial charge in [-0.05, 0) is 26.2 Å². The van der Waals surface area contributed by atoms with Gasteiger partial charge in [0.05, 0.1) is 35.4 Å². The molecule has 1 saturated carbocycles. The average Bonchev–Trinajstić information content (AvgIpc) is 3.67. The second-order valence-electron chi connectivity index (χ2n) is 9.74. The van der Waals surface area contributed by atoms with Crippen LogP contribution in [0.15, 0.2) is 35.3 Å². The molecule has 39 heavy (non-hydrogen) atoms. The number of hydrogen-bond acceptors (Lipinski definition) is 4. The van der Waals surface area contributed by atoms with Crippen LogP contribution in [0.5, 0.6) is 0 Å². The first-order chi connectivity index (χ1) is 18.4. The summed E-state index contributed by atoms with van der Waals surface area (Å²) in [4.78, 5) is 38.2. The molecular formula is C25H26F6N4O4. The Morgan fingerprint density at radius 3 is 2.38 bits per heavy atom. The summed E-state index contributed by atoms with van der Waals surface area (Å²) >= 11 is 0. The average molecular weight is 560 g/mol. The summed E-state index contributed by atoms with van der Waals surface area (Å²) in [6.07, 6.45) is -8.14. The van der Waals surface area contributed by atoms with Crippen LogP contribution in [0.25, 0.3) is 0 Å². The molecule has 1 aliphatic carbocycles. The lowest BCUT2D eigenvalue weighted by Gasteiger charge is -2.34. The van der Waals surface area contributed by atoms with E-state index in [0.29, 0.717) is 0 Å². The van der Waals surface area contributed by atoms with Crippen molar-refractivity contribution in [3.63, 3.8) is 0 Å². The molecule has 1 aromatic heterocycles. The Labute approximate surface area is 218 Å². The molecular weight excluding hydrogens is 534 g/mol. The molecule has 8 nitrogen and oxygen atoms in total. The van der Waals surface area contributed by atoms with E-state index >= 15 is 0 Å². The number of piperidine rings is 1. The summed E-state index contributed by atoms with van der Waals surface area (Å²) in [6, 6.07) is 2.02. The maximum atomic E-state index is 14.8. The van der Waals surface area contributed by atoms with Gasteiger partial charge in [0.25, 0.3) is 24.3 Å². The molecule has 0 radical (unpaired) electrons. The maximum Gasteiger partial charge on any atom is 0.407 e. The Morgan fingerprint density at radius 2 is 1.82 bits per heavy atom. The summed E-state index contributed by atoms with van der Waals surface area (Å²) in [7, 11) is 0. The van der Waals surface area contributed by atoms with Crippen LogP contribution in [0.2, 0.25) is 0 Å². The Bertz CT molecular complexity index is 1320. The fourth-order valence-corrected chi connectivity index (χ4v) is 4.74. The van der Waals surface area contributed by atoms with Gasteiger partial charge in [-0.2, -0.15) is 0 Å². The molecule has 0 unspecified atom stereocenters. The van der Waals surface area contributed by atoms with Gasteiger partial charge >= 0.3 is 6.09 Å². The highest BCUT2D eigenvalue weighted by Crippen LogP contribution is 2.48. The number of carboxylic acid groups (broad SMARTS) is 1. The van der Waals surface area contributed by atoms with E-state index in [4.69, 9.17) is 5.11 Å².